The lowest BCUT2D eigenvalue weighted by Crippen LogP contribution is -2.37. The van der Waals surface area contributed by atoms with E-state index in [4.69, 9.17) is 0 Å². The summed E-state index contributed by atoms with van der Waals surface area (Å²) in [4.78, 5) is 4.96. The van der Waals surface area contributed by atoms with Crippen LogP contribution in [0, 0.1) is 6.92 Å². The quantitative estimate of drug-likeness (QED) is 0.241. The third kappa shape index (κ3) is 8.60. The number of unbranched alkanes of at least 4 members (excludes halogenated alkanes) is 1. The van der Waals surface area contributed by atoms with Crippen LogP contribution in [0.4, 0.5) is 0 Å². The van der Waals surface area contributed by atoms with Gasteiger partial charge in [0.2, 0.25) is 0 Å². The zero-order valence-corrected chi connectivity index (χ0v) is 19.9. The van der Waals surface area contributed by atoms with Crippen molar-refractivity contribution in [2.75, 3.05) is 12.8 Å². The maximum Gasteiger partial charge on any atom is 0.191 e. The smallest absolute Gasteiger partial charge is 0.191 e. The van der Waals surface area contributed by atoms with Gasteiger partial charge in [0.05, 0.1) is 11.4 Å². The van der Waals surface area contributed by atoms with E-state index in [0.717, 1.165) is 30.9 Å². The second-order valence-corrected chi connectivity index (χ2v) is 8.72. The van der Waals surface area contributed by atoms with Crippen LogP contribution in [-0.2, 0) is 22.9 Å². The second-order valence-electron chi connectivity index (χ2n) is 6.70. The highest BCUT2D eigenvalue weighted by molar-refractivity contribution is 14.0. The first kappa shape index (κ1) is 24.4. The molecule has 0 aliphatic carbocycles. The number of sulfone groups is 1. The molecule has 0 saturated heterocycles. The number of rotatable bonds is 8. The van der Waals surface area contributed by atoms with E-state index in [-0.39, 0.29) is 24.0 Å². The predicted molar refractivity (Wildman–Crippen MR) is 127 cm³/mol. The van der Waals surface area contributed by atoms with Crippen molar-refractivity contribution in [3.63, 3.8) is 0 Å². The van der Waals surface area contributed by atoms with Gasteiger partial charge in [-0.25, -0.2) is 13.4 Å². The molecule has 7 heteroatoms. The molecule has 0 heterocycles. The minimum atomic E-state index is -3.17. The molecule has 2 rings (SSSR count). The zero-order chi connectivity index (χ0) is 19.7. The second kappa shape index (κ2) is 12.1. The lowest BCUT2D eigenvalue weighted by atomic mass is 10.1. The number of aliphatic imine (C=N–C) groups is 1. The first-order valence-electron chi connectivity index (χ1n) is 9.25. The Bertz CT molecular complexity index is 848. The number of aryl methyl sites for hydroxylation is 1. The Labute approximate surface area is 186 Å². The van der Waals surface area contributed by atoms with E-state index >= 15 is 0 Å². The molecule has 5 nitrogen and oxygen atoms in total. The minimum absolute atomic E-state index is 0. The van der Waals surface area contributed by atoms with Crippen molar-refractivity contribution >= 4 is 39.8 Å². The van der Waals surface area contributed by atoms with Crippen LogP contribution in [-0.4, -0.2) is 27.2 Å². The van der Waals surface area contributed by atoms with Crippen LogP contribution in [0.1, 0.15) is 36.5 Å². The molecule has 0 bridgehead atoms. The molecule has 2 aromatic carbocycles. The van der Waals surface area contributed by atoms with Gasteiger partial charge in [0.1, 0.15) is 0 Å². The van der Waals surface area contributed by atoms with Crippen LogP contribution >= 0.6 is 24.0 Å². The van der Waals surface area contributed by atoms with Gasteiger partial charge in [0.25, 0.3) is 0 Å². The molecule has 0 aromatic heterocycles. The number of halogens is 1. The van der Waals surface area contributed by atoms with Crippen LogP contribution in [0.3, 0.4) is 0 Å². The van der Waals surface area contributed by atoms with Gasteiger partial charge in [-0.3, -0.25) is 0 Å². The lowest BCUT2D eigenvalue weighted by Gasteiger charge is -2.13. The van der Waals surface area contributed by atoms with E-state index in [0.29, 0.717) is 18.0 Å². The molecule has 2 aromatic rings. The van der Waals surface area contributed by atoms with Crippen molar-refractivity contribution in [3.05, 3.63) is 65.2 Å². The topological polar surface area (TPSA) is 70.6 Å². The van der Waals surface area contributed by atoms with Crippen molar-refractivity contribution in [3.8, 4) is 0 Å². The van der Waals surface area contributed by atoms with Crippen molar-refractivity contribution in [2.24, 2.45) is 4.99 Å². The highest BCUT2D eigenvalue weighted by Gasteiger charge is 2.06. The van der Waals surface area contributed by atoms with Crippen molar-refractivity contribution in [1.29, 1.82) is 0 Å². The van der Waals surface area contributed by atoms with Gasteiger partial charge in [-0.05, 0) is 36.6 Å². The summed E-state index contributed by atoms with van der Waals surface area (Å²) in [5.41, 5.74) is 3.41. The normalized spacial score (nSPS) is 11.6. The molecule has 0 radical (unpaired) electrons. The van der Waals surface area contributed by atoms with E-state index in [9.17, 15) is 8.42 Å². The third-order valence-corrected chi connectivity index (χ3v) is 5.30. The summed E-state index contributed by atoms with van der Waals surface area (Å²) in [6.07, 6.45) is 3.41. The van der Waals surface area contributed by atoms with Gasteiger partial charge in [-0.1, -0.05) is 55.3 Å². The van der Waals surface area contributed by atoms with Crippen LogP contribution in [0.5, 0.6) is 0 Å². The maximum atomic E-state index is 11.6. The Morgan fingerprint density at radius 1 is 0.964 bits per heavy atom. The molecule has 0 aliphatic heterocycles. The van der Waals surface area contributed by atoms with Crippen molar-refractivity contribution in [2.45, 2.75) is 44.7 Å². The molecule has 0 unspecified atom stereocenters. The van der Waals surface area contributed by atoms with E-state index in [1.54, 1.807) is 12.1 Å². The number of guanidine groups is 1. The average molecular weight is 515 g/mol. The summed E-state index contributed by atoms with van der Waals surface area (Å²) >= 11 is 0. The Balaban J connectivity index is 0.00000392. The number of nitrogens with zero attached hydrogens (tertiary/aromatic N) is 1. The zero-order valence-electron chi connectivity index (χ0n) is 16.7. The lowest BCUT2D eigenvalue weighted by molar-refractivity contribution is 0.602. The number of hydrogen-bond donors (Lipinski definition) is 2. The first-order valence-corrected chi connectivity index (χ1v) is 11.1. The summed E-state index contributed by atoms with van der Waals surface area (Å²) in [7, 11) is -3.17. The average Bonchev–Trinajstić information content (AvgIpc) is 2.64. The molecule has 0 amide bonds. The molecule has 0 atom stereocenters. The Kier molecular flexibility index (Phi) is 10.5. The van der Waals surface area contributed by atoms with Crippen molar-refractivity contribution < 1.29 is 8.42 Å². The summed E-state index contributed by atoms with van der Waals surface area (Å²) in [6, 6.07) is 15.3. The maximum absolute atomic E-state index is 11.6. The van der Waals surface area contributed by atoms with Crippen LogP contribution in [0.25, 0.3) is 0 Å². The van der Waals surface area contributed by atoms with Gasteiger partial charge in [-0.15, -0.1) is 24.0 Å². The Hall–Kier alpha value is -1.61. The summed E-state index contributed by atoms with van der Waals surface area (Å²) < 4.78 is 23.1. The van der Waals surface area contributed by atoms with Crippen LogP contribution in [0.2, 0.25) is 0 Å². The molecule has 28 heavy (non-hydrogen) atoms. The molecular weight excluding hydrogens is 485 g/mol. The minimum Gasteiger partial charge on any atom is -0.356 e. The number of benzene rings is 2. The molecule has 0 spiro atoms. The van der Waals surface area contributed by atoms with Gasteiger partial charge in [0.15, 0.2) is 15.8 Å². The largest absolute Gasteiger partial charge is 0.356 e. The third-order valence-electron chi connectivity index (χ3n) is 4.17. The predicted octanol–water partition coefficient (Wildman–Crippen LogP) is 4.05. The summed E-state index contributed by atoms with van der Waals surface area (Å²) in [5.74, 6) is 0.760. The van der Waals surface area contributed by atoms with Gasteiger partial charge >= 0.3 is 0 Å². The molecule has 154 valence electrons. The van der Waals surface area contributed by atoms with E-state index < -0.39 is 9.84 Å². The molecule has 2 N–H and O–H groups in total. The van der Waals surface area contributed by atoms with Gasteiger partial charge < -0.3 is 10.6 Å². The number of nitrogens with one attached hydrogen (secondary N) is 2. The highest BCUT2D eigenvalue weighted by Crippen LogP contribution is 2.11. The van der Waals surface area contributed by atoms with Crippen molar-refractivity contribution in [1.82, 2.24) is 10.6 Å². The molecule has 0 saturated carbocycles. The summed E-state index contributed by atoms with van der Waals surface area (Å²) in [6.45, 7) is 6.28. The Morgan fingerprint density at radius 3 is 2.14 bits per heavy atom. The highest BCUT2D eigenvalue weighted by atomic mass is 127. The van der Waals surface area contributed by atoms with E-state index in [2.05, 4.69) is 53.7 Å². The fourth-order valence-corrected chi connectivity index (χ4v) is 3.09. The molecule has 0 aliphatic rings. The van der Waals surface area contributed by atoms with E-state index in [1.807, 2.05) is 12.1 Å². The monoisotopic (exact) mass is 515 g/mol. The van der Waals surface area contributed by atoms with E-state index in [1.165, 1.54) is 17.4 Å². The van der Waals surface area contributed by atoms with Gasteiger partial charge in [-0.2, -0.15) is 0 Å². The fraction of sp³-hybridized carbons (Fsp3) is 0.381. The molecular formula is C21H30IN3O2S. The van der Waals surface area contributed by atoms with Gasteiger partial charge in [0, 0.05) is 19.3 Å². The first-order chi connectivity index (χ1) is 12.9. The Morgan fingerprint density at radius 2 is 1.57 bits per heavy atom. The molecule has 0 fully saturated rings. The van der Waals surface area contributed by atoms with Crippen LogP contribution in [0.15, 0.2) is 58.4 Å². The standard InChI is InChI=1S/C21H29N3O2S.HI/c1-4-5-14-22-21(23-15-18-8-6-17(2)7-9-18)24-16-19-10-12-20(13-11-19)27(3,25)26;/h6-13H,4-5,14-16H2,1-3H3,(H2,22,23,24);1H. The summed E-state index contributed by atoms with van der Waals surface area (Å²) in [5, 5.41) is 6.71. The fourth-order valence-electron chi connectivity index (χ4n) is 2.46. The number of hydrogen-bond acceptors (Lipinski definition) is 3. The van der Waals surface area contributed by atoms with Crippen LogP contribution < -0.4 is 10.6 Å². The SMILES string of the molecule is CCCCNC(=NCc1ccc(S(C)(=O)=O)cc1)NCc1ccc(C)cc1.I.